The highest BCUT2D eigenvalue weighted by molar-refractivity contribution is 7.13. The van der Waals surface area contributed by atoms with E-state index in [4.69, 9.17) is 4.74 Å². The molecular weight excluding hydrogens is 260 g/mol. The Bertz CT molecular complexity index is 400. The van der Waals surface area contributed by atoms with E-state index in [0.717, 1.165) is 43.8 Å². The van der Waals surface area contributed by atoms with Gasteiger partial charge in [-0.05, 0) is 51.4 Å². The lowest BCUT2D eigenvalue weighted by molar-refractivity contribution is 0.0318. The minimum Gasteiger partial charge on any atom is -0.378 e. The zero-order valence-corrected chi connectivity index (χ0v) is 12.2. The summed E-state index contributed by atoms with van der Waals surface area (Å²) in [7, 11) is 0. The molecule has 1 aliphatic heterocycles. The summed E-state index contributed by atoms with van der Waals surface area (Å²) in [6.07, 6.45) is 3.47. The van der Waals surface area contributed by atoms with Crippen LogP contribution in [0.2, 0.25) is 0 Å². The van der Waals surface area contributed by atoms with Gasteiger partial charge in [-0.3, -0.25) is 4.79 Å². The van der Waals surface area contributed by atoms with Crippen molar-refractivity contribution >= 4 is 17.2 Å². The molecule has 2 rings (SSSR count). The van der Waals surface area contributed by atoms with E-state index in [9.17, 15) is 4.79 Å². The summed E-state index contributed by atoms with van der Waals surface area (Å²) in [5.41, 5.74) is 0. The van der Waals surface area contributed by atoms with E-state index < -0.39 is 0 Å². The Morgan fingerprint density at radius 2 is 2.26 bits per heavy atom. The molecule has 1 aliphatic rings. The molecule has 4 nitrogen and oxygen atoms in total. The number of hydrogen-bond donors (Lipinski definition) is 2. The Kier molecular flexibility index (Phi) is 5.82. The Morgan fingerprint density at radius 3 is 2.95 bits per heavy atom. The lowest BCUT2D eigenvalue weighted by atomic mass is 10.1. The van der Waals surface area contributed by atoms with Crippen molar-refractivity contribution in [3.05, 3.63) is 21.9 Å². The van der Waals surface area contributed by atoms with Crippen LogP contribution < -0.4 is 10.6 Å². The number of carbonyl (C=O) groups excluding carboxylic acids is 1. The molecule has 0 bridgehead atoms. The van der Waals surface area contributed by atoms with E-state index in [0.29, 0.717) is 12.6 Å². The van der Waals surface area contributed by atoms with Gasteiger partial charge in [0.15, 0.2) is 0 Å². The van der Waals surface area contributed by atoms with Gasteiger partial charge in [-0.15, -0.1) is 11.3 Å². The molecule has 106 valence electrons. The molecule has 0 unspecified atom stereocenters. The van der Waals surface area contributed by atoms with Gasteiger partial charge >= 0.3 is 0 Å². The van der Waals surface area contributed by atoms with Gasteiger partial charge in [-0.2, -0.15) is 0 Å². The summed E-state index contributed by atoms with van der Waals surface area (Å²) in [6, 6.07) is 3.85. The summed E-state index contributed by atoms with van der Waals surface area (Å²) in [4.78, 5) is 13.7. The second-order valence-electron chi connectivity index (χ2n) is 4.84. The number of carbonyl (C=O) groups is 1. The van der Waals surface area contributed by atoms with E-state index in [2.05, 4.69) is 10.6 Å². The van der Waals surface area contributed by atoms with Gasteiger partial charge in [0, 0.05) is 18.0 Å². The second-order valence-corrected chi connectivity index (χ2v) is 6.13. The van der Waals surface area contributed by atoms with Crippen LogP contribution in [0.15, 0.2) is 12.1 Å². The number of thiophene rings is 1. The first-order valence-electron chi connectivity index (χ1n) is 6.92. The summed E-state index contributed by atoms with van der Waals surface area (Å²) in [5.74, 6) is 0.0277. The summed E-state index contributed by atoms with van der Waals surface area (Å²) < 4.78 is 5.79. The molecule has 2 heterocycles. The number of aryl methyl sites for hydroxylation is 1. The van der Waals surface area contributed by atoms with Gasteiger partial charge in [0.05, 0.1) is 11.0 Å². The number of hydrogen-bond acceptors (Lipinski definition) is 4. The molecule has 1 fully saturated rings. The highest BCUT2D eigenvalue weighted by atomic mass is 32.1. The number of nitrogens with one attached hydrogen (secondary N) is 2. The standard InChI is InChI=1S/C14H22N2O2S/c1-11-3-4-13(19-11)14(17)16-7-2-10-18-12-5-8-15-9-6-12/h3-4,12,15H,2,5-10H2,1H3,(H,16,17). The zero-order valence-electron chi connectivity index (χ0n) is 11.4. The van der Waals surface area contributed by atoms with Crippen LogP contribution in [0.1, 0.15) is 33.8 Å². The van der Waals surface area contributed by atoms with Gasteiger partial charge < -0.3 is 15.4 Å². The molecule has 0 aliphatic carbocycles. The molecule has 0 atom stereocenters. The molecule has 0 aromatic carbocycles. The molecule has 5 heteroatoms. The van der Waals surface area contributed by atoms with Crippen molar-refractivity contribution in [3.8, 4) is 0 Å². The summed E-state index contributed by atoms with van der Waals surface area (Å²) in [6.45, 7) is 5.53. The third-order valence-electron chi connectivity index (χ3n) is 3.21. The van der Waals surface area contributed by atoms with Crippen molar-refractivity contribution in [2.24, 2.45) is 0 Å². The van der Waals surface area contributed by atoms with E-state index in [1.165, 1.54) is 16.2 Å². The lowest BCUT2D eigenvalue weighted by Crippen LogP contribution is -2.33. The van der Waals surface area contributed by atoms with Crippen LogP contribution in [0, 0.1) is 6.92 Å². The first-order chi connectivity index (χ1) is 9.25. The summed E-state index contributed by atoms with van der Waals surface area (Å²) in [5, 5.41) is 6.24. The molecule has 2 N–H and O–H groups in total. The first-order valence-corrected chi connectivity index (χ1v) is 7.74. The van der Waals surface area contributed by atoms with E-state index in [-0.39, 0.29) is 5.91 Å². The largest absolute Gasteiger partial charge is 0.378 e. The van der Waals surface area contributed by atoms with Gasteiger partial charge in [-0.1, -0.05) is 0 Å². The molecule has 19 heavy (non-hydrogen) atoms. The van der Waals surface area contributed by atoms with E-state index >= 15 is 0 Å². The van der Waals surface area contributed by atoms with Crippen molar-refractivity contribution in [2.45, 2.75) is 32.3 Å². The quantitative estimate of drug-likeness (QED) is 0.784. The maximum atomic E-state index is 11.8. The smallest absolute Gasteiger partial charge is 0.261 e. The number of ether oxygens (including phenoxy) is 1. The SMILES string of the molecule is Cc1ccc(C(=O)NCCCOC2CCNCC2)s1. The average Bonchev–Trinajstić information content (AvgIpc) is 2.86. The Hall–Kier alpha value is -0.910. The van der Waals surface area contributed by atoms with Crippen LogP contribution in [0.3, 0.4) is 0 Å². The topological polar surface area (TPSA) is 50.4 Å². The Labute approximate surface area is 118 Å². The van der Waals surface area contributed by atoms with Gasteiger partial charge in [0.1, 0.15) is 0 Å². The fourth-order valence-electron chi connectivity index (χ4n) is 2.13. The summed E-state index contributed by atoms with van der Waals surface area (Å²) >= 11 is 1.53. The zero-order chi connectivity index (χ0) is 13.5. The fraction of sp³-hybridized carbons (Fsp3) is 0.643. The van der Waals surface area contributed by atoms with Crippen molar-refractivity contribution < 1.29 is 9.53 Å². The predicted octanol–water partition coefficient (Wildman–Crippen LogP) is 1.95. The molecule has 0 radical (unpaired) electrons. The van der Waals surface area contributed by atoms with Crippen molar-refractivity contribution in [1.82, 2.24) is 10.6 Å². The highest BCUT2D eigenvalue weighted by Gasteiger charge is 2.12. The average molecular weight is 282 g/mol. The first kappa shape index (κ1) is 14.5. The monoisotopic (exact) mass is 282 g/mol. The Balaban J connectivity index is 1.55. The lowest BCUT2D eigenvalue weighted by Gasteiger charge is -2.22. The third-order valence-corrected chi connectivity index (χ3v) is 4.21. The van der Waals surface area contributed by atoms with Crippen LogP contribution in [-0.4, -0.2) is 38.3 Å². The molecule has 0 saturated carbocycles. The van der Waals surface area contributed by atoms with Crippen molar-refractivity contribution in [2.75, 3.05) is 26.2 Å². The van der Waals surface area contributed by atoms with Crippen LogP contribution in [0.4, 0.5) is 0 Å². The van der Waals surface area contributed by atoms with Crippen molar-refractivity contribution in [3.63, 3.8) is 0 Å². The minimum atomic E-state index is 0.0277. The third kappa shape index (κ3) is 4.93. The Morgan fingerprint density at radius 1 is 1.47 bits per heavy atom. The van der Waals surface area contributed by atoms with Crippen LogP contribution in [-0.2, 0) is 4.74 Å². The van der Waals surface area contributed by atoms with Crippen LogP contribution in [0.5, 0.6) is 0 Å². The number of piperidine rings is 1. The van der Waals surface area contributed by atoms with Crippen molar-refractivity contribution in [1.29, 1.82) is 0 Å². The predicted molar refractivity (Wildman–Crippen MR) is 77.8 cm³/mol. The molecule has 1 aromatic heterocycles. The van der Waals surface area contributed by atoms with Gasteiger partial charge in [-0.25, -0.2) is 0 Å². The normalized spacial score (nSPS) is 16.5. The molecule has 1 saturated heterocycles. The molecule has 1 aromatic rings. The van der Waals surface area contributed by atoms with Crippen LogP contribution >= 0.6 is 11.3 Å². The second kappa shape index (κ2) is 7.62. The van der Waals surface area contributed by atoms with E-state index in [1.54, 1.807) is 0 Å². The number of rotatable bonds is 6. The maximum absolute atomic E-state index is 11.8. The van der Waals surface area contributed by atoms with E-state index in [1.807, 2.05) is 19.1 Å². The van der Waals surface area contributed by atoms with Crippen LogP contribution in [0.25, 0.3) is 0 Å². The number of amides is 1. The minimum absolute atomic E-state index is 0.0277. The van der Waals surface area contributed by atoms with Gasteiger partial charge in [0.25, 0.3) is 5.91 Å². The molecule has 0 spiro atoms. The maximum Gasteiger partial charge on any atom is 0.261 e. The molecule has 1 amide bonds. The fourth-order valence-corrected chi connectivity index (χ4v) is 2.91. The van der Waals surface area contributed by atoms with Gasteiger partial charge in [0.2, 0.25) is 0 Å². The highest BCUT2D eigenvalue weighted by Crippen LogP contribution is 2.14. The molecular formula is C14H22N2O2S.